The van der Waals surface area contributed by atoms with Crippen molar-refractivity contribution in [2.75, 3.05) is 17.7 Å². The summed E-state index contributed by atoms with van der Waals surface area (Å²) in [6, 6.07) is 4.69. The van der Waals surface area contributed by atoms with Crippen LogP contribution in [0, 0.1) is 5.82 Å². The number of hydrogen-bond donors (Lipinski definition) is 2. The van der Waals surface area contributed by atoms with Gasteiger partial charge in [0.25, 0.3) is 0 Å². The molecule has 0 spiro atoms. The third-order valence-corrected chi connectivity index (χ3v) is 3.18. The number of alkyl halides is 1. The molecule has 0 fully saturated rings. The molecule has 5 nitrogen and oxygen atoms in total. The van der Waals surface area contributed by atoms with Crippen molar-refractivity contribution in [2.45, 2.75) is 19.4 Å². The standard InChI is InChI=1S/C13H16ClFN4O/c1-2-9-8-19(18-17-9)10-3-4-13(12(15)5-10)16-7-11(20)6-14/h3-5,8,11,16,20H,2,6-7H2,1H3. The zero-order valence-electron chi connectivity index (χ0n) is 11.1. The molecule has 7 heteroatoms. The normalized spacial score (nSPS) is 12.4. The van der Waals surface area contributed by atoms with E-state index in [2.05, 4.69) is 15.6 Å². The van der Waals surface area contributed by atoms with Crippen molar-refractivity contribution in [1.29, 1.82) is 0 Å². The van der Waals surface area contributed by atoms with Gasteiger partial charge in [0.15, 0.2) is 0 Å². The highest BCUT2D eigenvalue weighted by Crippen LogP contribution is 2.18. The van der Waals surface area contributed by atoms with E-state index in [-0.39, 0.29) is 12.4 Å². The van der Waals surface area contributed by atoms with Crippen LogP contribution in [0.25, 0.3) is 5.69 Å². The maximum atomic E-state index is 13.9. The molecule has 2 rings (SSSR count). The Hall–Kier alpha value is -1.66. The number of aryl methyl sites for hydroxylation is 1. The number of anilines is 1. The number of rotatable bonds is 6. The summed E-state index contributed by atoms with van der Waals surface area (Å²) < 4.78 is 15.5. The van der Waals surface area contributed by atoms with Crippen LogP contribution in [0.4, 0.5) is 10.1 Å². The van der Waals surface area contributed by atoms with Crippen LogP contribution in [0.5, 0.6) is 0 Å². The Kier molecular flexibility index (Phi) is 4.92. The molecular formula is C13H16ClFN4O. The Morgan fingerprint density at radius 3 is 2.90 bits per heavy atom. The third kappa shape index (κ3) is 3.46. The van der Waals surface area contributed by atoms with Crippen LogP contribution in [0.1, 0.15) is 12.6 Å². The Morgan fingerprint density at radius 1 is 1.50 bits per heavy atom. The van der Waals surface area contributed by atoms with Crippen LogP contribution in [0.2, 0.25) is 0 Å². The highest BCUT2D eigenvalue weighted by molar-refractivity contribution is 6.18. The van der Waals surface area contributed by atoms with Crippen molar-refractivity contribution in [3.8, 4) is 5.69 Å². The van der Waals surface area contributed by atoms with Crippen LogP contribution in [-0.4, -0.2) is 38.6 Å². The van der Waals surface area contributed by atoms with Gasteiger partial charge in [-0.05, 0) is 18.6 Å². The smallest absolute Gasteiger partial charge is 0.148 e. The van der Waals surface area contributed by atoms with Gasteiger partial charge < -0.3 is 10.4 Å². The fourth-order valence-electron chi connectivity index (χ4n) is 1.66. The molecule has 0 aliphatic rings. The van der Waals surface area contributed by atoms with E-state index in [1.54, 1.807) is 18.3 Å². The van der Waals surface area contributed by atoms with E-state index in [0.29, 0.717) is 11.4 Å². The van der Waals surface area contributed by atoms with Crippen molar-refractivity contribution in [2.24, 2.45) is 0 Å². The largest absolute Gasteiger partial charge is 0.390 e. The average molecular weight is 299 g/mol. The van der Waals surface area contributed by atoms with Crippen molar-refractivity contribution in [3.63, 3.8) is 0 Å². The Labute approximate surface area is 121 Å². The van der Waals surface area contributed by atoms with Crippen LogP contribution >= 0.6 is 11.6 Å². The highest BCUT2D eigenvalue weighted by Gasteiger charge is 2.08. The van der Waals surface area contributed by atoms with Crippen LogP contribution in [-0.2, 0) is 6.42 Å². The summed E-state index contributed by atoms with van der Waals surface area (Å²) in [4.78, 5) is 0. The molecule has 1 atom stereocenters. The molecule has 1 aromatic heterocycles. The minimum absolute atomic E-state index is 0.103. The lowest BCUT2D eigenvalue weighted by Crippen LogP contribution is -2.21. The van der Waals surface area contributed by atoms with Crippen molar-refractivity contribution < 1.29 is 9.50 Å². The maximum Gasteiger partial charge on any atom is 0.148 e. The maximum absolute atomic E-state index is 13.9. The summed E-state index contributed by atoms with van der Waals surface area (Å²) in [7, 11) is 0. The number of nitrogens with zero attached hydrogens (tertiary/aromatic N) is 3. The number of aromatic nitrogens is 3. The van der Waals surface area contributed by atoms with Crippen molar-refractivity contribution in [1.82, 2.24) is 15.0 Å². The second kappa shape index (κ2) is 6.67. The number of benzene rings is 1. The first kappa shape index (κ1) is 14.7. The Morgan fingerprint density at radius 2 is 2.30 bits per heavy atom. The first-order chi connectivity index (χ1) is 9.63. The molecule has 0 amide bonds. The Bertz CT molecular complexity index is 575. The predicted octanol–water partition coefficient (Wildman–Crippen LogP) is 1.98. The second-order valence-corrected chi connectivity index (χ2v) is 4.67. The van der Waals surface area contributed by atoms with Crippen molar-refractivity contribution >= 4 is 17.3 Å². The molecule has 1 aromatic carbocycles. The van der Waals surface area contributed by atoms with Gasteiger partial charge in [-0.2, -0.15) is 0 Å². The van der Waals surface area contributed by atoms with E-state index in [1.807, 2.05) is 6.92 Å². The van der Waals surface area contributed by atoms with E-state index < -0.39 is 11.9 Å². The summed E-state index contributed by atoms with van der Waals surface area (Å²) in [5.74, 6) is -0.316. The lowest BCUT2D eigenvalue weighted by molar-refractivity contribution is 0.211. The molecule has 1 heterocycles. The summed E-state index contributed by atoms with van der Waals surface area (Å²) in [5.41, 5.74) is 1.75. The number of nitrogens with one attached hydrogen (secondary N) is 1. The fourth-order valence-corrected chi connectivity index (χ4v) is 1.77. The van der Waals surface area contributed by atoms with E-state index in [0.717, 1.165) is 12.1 Å². The molecule has 0 saturated carbocycles. The first-order valence-electron chi connectivity index (χ1n) is 6.33. The SMILES string of the molecule is CCc1cn(-c2ccc(NCC(O)CCl)c(F)c2)nn1. The zero-order chi connectivity index (χ0) is 14.5. The van der Waals surface area contributed by atoms with Gasteiger partial charge in [-0.25, -0.2) is 9.07 Å². The molecule has 0 aliphatic heterocycles. The molecule has 20 heavy (non-hydrogen) atoms. The monoisotopic (exact) mass is 298 g/mol. The molecule has 1 unspecified atom stereocenters. The summed E-state index contributed by atoms with van der Waals surface area (Å²) in [5, 5.41) is 20.0. The molecular weight excluding hydrogens is 283 g/mol. The van der Waals surface area contributed by atoms with Crippen LogP contribution in [0.15, 0.2) is 24.4 Å². The van der Waals surface area contributed by atoms with Crippen LogP contribution in [0.3, 0.4) is 0 Å². The quantitative estimate of drug-likeness (QED) is 0.801. The number of aliphatic hydroxyl groups excluding tert-OH is 1. The molecule has 0 bridgehead atoms. The first-order valence-corrected chi connectivity index (χ1v) is 6.86. The van der Waals surface area contributed by atoms with Gasteiger partial charge >= 0.3 is 0 Å². The van der Waals surface area contributed by atoms with E-state index in [4.69, 9.17) is 11.6 Å². The van der Waals surface area contributed by atoms with Gasteiger partial charge in [0, 0.05) is 12.6 Å². The molecule has 0 aliphatic carbocycles. The second-order valence-electron chi connectivity index (χ2n) is 4.36. The molecule has 108 valence electrons. The van der Waals surface area contributed by atoms with Gasteiger partial charge in [0.1, 0.15) is 5.82 Å². The Balaban J connectivity index is 2.12. The van der Waals surface area contributed by atoms with Gasteiger partial charge in [-0.15, -0.1) is 16.7 Å². The van der Waals surface area contributed by atoms with Gasteiger partial charge in [-0.1, -0.05) is 12.1 Å². The molecule has 2 aromatic rings. The van der Waals surface area contributed by atoms with E-state index in [9.17, 15) is 9.50 Å². The van der Waals surface area contributed by atoms with E-state index in [1.165, 1.54) is 10.7 Å². The van der Waals surface area contributed by atoms with Gasteiger partial charge in [-0.3, -0.25) is 0 Å². The zero-order valence-corrected chi connectivity index (χ0v) is 11.8. The third-order valence-electron chi connectivity index (χ3n) is 2.83. The topological polar surface area (TPSA) is 63.0 Å². The van der Waals surface area contributed by atoms with Crippen molar-refractivity contribution in [3.05, 3.63) is 35.9 Å². The minimum atomic E-state index is -0.710. The predicted molar refractivity (Wildman–Crippen MR) is 75.9 cm³/mol. The van der Waals surface area contributed by atoms with E-state index >= 15 is 0 Å². The number of hydrogen-bond acceptors (Lipinski definition) is 4. The minimum Gasteiger partial charge on any atom is -0.390 e. The number of halogens is 2. The number of aliphatic hydroxyl groups is 1. The fraction of sp³-hybridized carbons (Fsp3) is 0.385. The van der Waals surface area contributed by atoms with Gasteiger partial charge in [0.05, 0.1) is 35.2 Å². The lowest BCUT2D eigenvalue weighted by atomic mass is 10.2. The average Bonchev–Trinajstić information content (AvgIpc) is 2.94. The lowest BCUT2D eigenvalue weighted by Gasteiger charge is -2.11. The molecule has 2 N–H and O–H groups in total. The summed E-state index contributed by atoms with van der Waals surface area (Å²) >= 11 is 5.48. The molecule has 0 radical (unpaired) electrons. The highest BCUT2D eigenvalue weighted by atomic mass is 35.5. The molecule has 0 saturated heterocycles. The summed E-state index contributed by atoms with van der Waals surface area (Å²) in [6.07, 6.45) is 1.83. The van der Waals surface area contributed by atoms with Crippen LogP contribution < -0.4 is 5.32 Å². The van der Waals surface area contributed by atoms with Gasteiger partial charge in [0.2, 0.25) is 0 Å². The summed E-state index contributed by atoms with van der Waals surface area (Å²) in [6.45, 7) is 2.17.